The van der Waals surface area contributed by atoms with Crippen LogP contribution < -0.4 is 4.72 Å². The van der Waals surface area contributed by atoms with Crippen molar-refractivity contribution in [1.82, 2.24) is 4.72 Å². The molecular formula is C40H32BrNO4S. The lowest BCUT2D eigenvalue weighted by molar-refractivity contribution is -0.118. The zero-order valence-electron chi connectivity index (χ0n) is 25.6. The van der Waals surface area contributed by atoms with Crippen LogP contribution in [-0.2, 0) is 14.8 Å². The highest BCUT2D eigenvalue weighted by molar-refractivity contribution is 9.10. The molecule has 5 aromatic carbocycles. The summed E-state index contributed by atoms with van der Waals surface area (Å²) in [4.78, 5) is 28.9. The van der Waals surface area contributed by atoms with Crippen LogP contribution in [0.4, 0.5) is 0 Å². The van der Waals surface area contributed by atoms with E-state index in [4.69, 9.17) is 0 Å². The van der Waals surface area contributed by atoms with Crippen molar-refractivity contribution < 1.29 is 18.0 Å². The number of rotatable bonds is 8. The molecule has 0 saturated heterocycles. The Morgan fingerprint density at radius 2 is 1.30 bits per heavy atom. The third-order valence-electron chi connectivity index (χ3n) is 9.44. The number of fused-ring (bicyclic) bond motifs is 3. The summed E-state index contributed by atoms with van der Waals surface area (Å²) in [5.41, 5.74) is 5.77. The van der Waals surface area contributed by atoms with Gasteiger partial charge in [-0.05, 0) is 53.4 Å². The van der Waals surface area contributed by atoms with Gasteiger partial charge in [0.1, 0.15) is 0 Å². The topological polar surface area (TPSA) is 80.3 Å². The quantitative estimate of drug-likeness (QED) is 0.130. The van der Waals surface area contributed by atoms with Gasteiger partial charge in [0.15, 0.2) is 11.6 Å². The van der Waals surface area contributed by atoms with E-state index < -0.39 is 21.9 Å². The van der Waals surface area contributed by atoms with Gasteiger partial charge in [0, 0.05) is 45.7 Å². The Kier molecular flexibility index (Phi) is 8.28. The maximum Gasteiger partial charge on any atom is 0.261 e. The largest absolute Gasteiger partial charge is 0.294 e. The number of benzene rings is 5. The molecule has 7 heteroatoms. The second-order valence-electron chi connectivity index (χ2n) is 12.2. The molecule has 234 valence electrons. The molecule has 0 heterocycles. The molecular weight excluding hydrogens is 670 g/mol. The zero-order valence-corrected chi connectivity index (χ0v) is 28.0. The molecule has 5 aromatic rings. The van der Waals surface area contributed by atoms with E-state index in [1.807, 2.05) is 97.9 Å². The van der Waals surface area contributed by atoms with Gasteiger partial charge in [-0.25, -0.2) is 8.42 Å². The third-order valence-corrected chi connectivity index (χ3v) is 11.3. The first kappa shape index (κ1) is 31.0. The summed E-state index contributed by atoms with van der Waals surface area (Å²) in [5, 5.41) is 0. The van der Waals surface area contributed by atoms with Crippen molar-refractivity contribution in [3.8, 4) is 0 Å². The molecule has 47 heavy (non-hydrogen) atoms. The number of carbonyl (C=O) groups excluding carboxylic acids is 2. The van der Waals surface area contributed by atoms with Gasteiger partial charge in [0.05, 0.1) is 10.6 Å². The number of sulfonamides is 1. The highest BCUT2D eigenvalue weighted by Crippen LogP contribution is 2.62. The summed E-state index contributed by atoms with van der Waals surface area (Å²) < 4.78 is 31.7. The number of hydrogen-bond donors (Lipinski definition) is 1. The smallest absolute Gasteiger partial charge is 0.261 e. The lowest BCUT2D eigenvalue weighted by Gasteiger charge is -2.23. The van der Waals surface area contributed by atoms with Gasteiger partial charge in [-0.1, -0.05) is 131 Å². The Labute approximate surface area is 283 Å². The molecule has 1 N–H and O–H groups in total. The predicted molar refractivity (Wildman–Crippen MR) is 188 cm³/mol. The molecule has 4 atom stereocenters. The van der Waals surface area contributed by atoms with E-state index >= 15 is 4.79 Å². The van der Waals surface area contributed by atoms with Crippen LogP contribution in [0.15, 0.2) is 148 Å². The molecule has 0 aromatic heterocycles. The molecule has 0 radical (unpaired) electrons. The predicted octanol–water partition coefficient (Wildman–Crippen LogP) is 8.58. The van der Waals surface area contributed by atoms with Gasteiger partial charge >= 0.3 is 0 Å². The fourth-order valence-corrected chi connectivity index (χ4v) is 8.70. The van der Waals surface area contributed by atoms with Gasteiger partial charge < -0.3 is 0 Å². The fourth-order valence-electron chi connectivity index (χ4n) is 7.32. The van der Waals surface area contributed by atoms with E-state index in [9.17, 15) is 13.2 Å². The number of halogens is 1. The lowest BCUT2D eigenvalue weighted by atomic mass is 9.80. The lowest BCUT2D eigenvalue weighted by Crippen LogP contribution is -2.26. The average molecular weight is 703 g/mol. The standard InChI is InChI=1S/C40H32BrNO4S/c1-25-16-22-30(23-17-25)47(45,46)42-39(28-12-6-3-7-13-28)38-35(27-10-4-2-5-11-27)36-32-15-9-8-14-31(32)33(37(36)40(38)44)24-34(43)26-18-20-29(41)21-19-26/h2-23,33,35-37,42H,24H2,1H3/b39-38-/t33-,35+,36-,37-/m0/s1. The Bertz CT molecular complexity index is 2110. The van der Waals surface area contributed by atoms with Gasteiger partial charge in [-0.15, -0.1) is 0 Å². The molecule has 1 fully saturated rings. The monoisotopic (exact) mass is 701 g/mol. The Hall–Kier alpha value is -4.59. The van der Waals surface area contributed by atoms with E-state index in [1.165, 1.54) is 0 Å². The van der Waals surface area contributed by atoms with Crippen LogP contribution >= 0.6 is 15.9 Å². The summed E-state index contributed by atoms with van der Waals surface area (Å²) in [7, 11) is -4.07. The van der Waals surface area contributed by atoms with E-state index in [0.29, 0.717) is 16.7 Å². The van der Waals surface area contributed by atoms with Crippen LogP contribution in [0.3, 0.4) is 0 Å². The van der Waals surface area contributed by atoms with E-state index in [2.05, 4.69) is 26.7 Å². The van der Waals surface area contributed by atoms with Crippen molar-refractivity contribution in [2.45, 2.75) is 36.0 Å². The second-order valence-corrected chi connectivity index (χ2v) is 14.8. The van der Waals surface area contributed by atoms with Crippen LogP contribution in [0.25, 0.3) is 5.70 Å². The Morgan fingerprint density at radius 3 is 1.96 bits per heavy atom. The summed E-state index contributed by atoms with van der Waals surface area (Å²) in [5.74, 6) is -1.81. The molecule has 0 aliphatic heterocycles. The Balaban J connectivity index is 1.42. The van der Waals surface area contributed by atoms with Crippen molar-refractivity contribution in [1.29, 1.82) is 0 Å². The van der Waals surface area contributed by atoms with Gasteiger partial charge in [-0.2, -0.15) is 0 Å². The molecule has 1 saturated carbocycles. The second kappa shape index (κ2) is 12.5. The minimum atomic E-state index is -4.07. The van der Waals surface area contributed by atoms with E-state index in [-0.39, 0.29) is 40.4 Å². The van der Waals surface area contributed by atoms with Crippen molar-refractivity contribution in [3.63, 3.8) is 0 Å². The average Bonchev–Trinajstić information content (AvgIpc) is 3.57. The van der Waals surface area contributed by atoms with Crippen LogP contribution in [-0.4, -0.2) is 20.0 Å². The molecule has 0 unspecified atom stereocenters. The highest BCUT2D eigenvalue weighted by atomic mass is 79.9. The fraction of sp³-hybridized carbons (Fsp3) is 0.150. The minimum absolute atomic E-state index is 0.0391. The number of aryl methyl sites for hydroxylation is 1. The summed E-state index contributed by atoms with van der Waals surface area (Å²) in [6.07, 6.45) is 0.163. The first-order valence-corrected chi connectivity index (χ1v) is 17.9. The van der Waals surface area contributed by atoms with Gasteiger partial charge in [0.25, 0.3) is 10.0 Å². The van der Waals surface area contributed by atoms with Crippen LogP contribution in [0.2, 0.25) is 0 Å². The maximum atomic E-state index is 15.1. The minimum Gasteiger partial charge on any atom is -0.294 e. The summed E-state index contributed by atoms with van der Waals surface area (Å²) >= 11 is 3.45. The number of Topliss-reactive ketones (excluding diaryl/α,β-unsaturated/α-hetero) is 2. The van der Waals surface area contributed by atoms with Crippen molar-refractivity contribution in [3.05, 3.63) is 177 Å². The first-order valence-electron chi connectivity index (χ1n) is 15.6. The molecule has 0 bridgehead atoms. The number of ketones is 2. The van der Waals surface area contributed by atoms with E-state index in [0.717, 1.165) is 26.7 Å². The van der Waals surface area contributed by atoms with Crippen molar-refractivity contribution in [2.75, 3.05) is 0 Å². The van der Waals surface area contributed by atoms with Gasteiger partial charge in [0.2, 0.25) is 0 Å². The third kappa shape index (κ3) is 5.79. The van der Waals surface area contributed by atoms with Crippen molar-refractivity contribution in [2.24, 2.45) is 5.92 Å². The zero-order chi connectivity index (χ0) is 32.7. The highest BCUT2D eigenvalue weighted by Gasteiger charge is 2.57. The SMILES string of the molecule is Cc1ccc(S(=O)(=O)N/C(=C2\C(=O)[C@@H]3[C@@H](c4ccccc4[C@@H]3CC(=O)c3ccc(Br)cc3)[C@H]2c2ccccc2)c2ccccc2)cc1. The van der Waals surface area contributed by atoms with Crippen LogP contribution in [0.1, 0.15) is 62.3 Å². The molecule has 2 aliphatic carbocycles. The van der Waals surface area contributed by atoms with Gasteiger partial charge in [-0.3, -0.25) is 14.3 Å². The molecule has 5 nitrogen and oxygen atoms in total. The number of carbonyl (C=O) groups is 2. The molecule has 0 amide bonds. The van der Waals surface area contributed by atoms with Crippen LogP contribution in [0.5, 0.6) is 0 Å². The van der Waals surface area contributed by atoms with Crippen LogP contribution in [0, 0.1) is 12.8 Å². The maximum absolute atomic E-state index is 15.1. The molecule has 2 aliphatic rings. The normalized spacial score (nSPS) is 21.2. The number of nitrogens with one attached hydrogen (secondary N) is 1. The van der Waals surface area contributed by atoms with E-state index in [1.54, 1.807) is 36.4 Å². The Morgan fingerprint density at radius 1 is 0.702 bits per heavy atom. The first-order chi connectivity index (χ1) is 22.7. The molecule has 7 rings (SSSR count). The number of hydrogen-bond acceptors (Lipinski definition) is 4. The summed E-state index contributed by atoms with van der Waals surface area (Å²) in [6, 6.07) is 41.0. The number of allylic oxidation sites excluding steroid dienone is 1. The summed E-state index contributed by atoms with van der Waals surface area (Å²) in [6.45, 7) is 1.90. The van der Waals surface area contributed by atoms with Crippen molar-refractivity contribution >= 4 is 43.2 Å². The molecule has 0 spiro atoms.